The van der Waals surface area contributed by atoms with Gasteiger partial charge in [-0.15, -0.1) is 0 Å². The SMILES string of the molecule is COc1noc(C=O)c1[N+](=O)[O-]. The third-order valence-electron chi connectivity index (χ3n) is 1.15. The van der Waals surface area contributed by atoms with Gasteiger partial charge in [-0.3, -0.25) is 14.9 Å². The van der Waals surface area contributed by atoms with Crippen LogP contribution in [0, 0.1) is 10.1 Å². The second kappa shape index (κ2) is 2.99. The van der Waals surface area contributed by atoms with E-state index in [1.54, 1.807) is 0 Å². The Morgan fingerprint density at radius 3 is 2.83 bits per heavy atom. The number of carbonyl (C=O) groups excluding carboxylic acids is 1. The molecule has 0 aliphatic rings. The number of nitrogens with zero attached hydrogens (tertiary/aromatic N) is 2. The summed E-state index contributed by atoms with van der Waals surface area (Å²) in [5.41, 5.74) is -0.549. The number of aldehydes is 1. The summed E-state index contributed by atoms with van der Waals surface area (Å²) in [6.45, 7) is 0. The van der Waals surface area contributed by atoms with E-state index in [-0.39, 0.29) is 12.2 Å². The Kier molecular flexibility index (Phi) is 2.04. The van der Waals surface area contributed by atoms with Gasteiger partial charge < -0.3 is 9.26 Å². The number of ether oxygens (including phenoxy) is 1. The van der Waals surface area contributed by atoms with E-state index < -0.39 is 16.4 Å². The van der Waals surface area contributed by atoms with Crippen LogP contribution in [0.15, 0.2) is 4.52 Å². The first-order chi connectivity index (χ1) is 5.70. The maximum atomic E-state index is 10.3. The topological polar surface area (TPSA) is 95.5 Å². The Morgan fingerprint density at radius 2 is 2.42 bits per heavy atom. The number of hydrogen-bond acceptors (Lipinski definition) is 6. The number of nitro groups is 1. The van der Waals surface area contributed by atoms with Crippen molar-refractivity contribution in [1.82, 2.24) is 5.16 Å². The normalized spacial score (nSPS) is 9.42. The van der Waals surface area contributed by atoms with Crippen LogP contribution < -0.4 is 4.74 Å². The minimum absolute atomic E-state index is 0.202. The zero-order valence-corrected chi connectivity index (χ0v) is 6.01. The molecule has 1 aromatic heterocycles. The van der Waals surface area contributed by atoms with Gasteiger partial charge in [0, 0.05) is 0 Å². The van der Waals surface area contributed by atoms with Crippen LogP contribution in [0.25, 0.3) is 0 Å². The predicted molar refractivity (Wildman–Crippen MR) is 35.1 cm³/mol. The summed E-state index contributed by atoms with van der Waals surface area (Å²) >= 11 is 0. The second-order valence-corrected chi connectivity index (χ2v) is 1.78. The lowest BCUT2D eigenvalue weighted by Crippen LogP contribution is -1.93. The van der Waals surface area contributed by atoms with Crippen LogP contribution in [0.2, 0.25) is 0 Å². The Hall–Kier alpha value is -1.92. The van der Waals surface area contributed by atoms with Crippen LogP contribution in [0.5, 0.6) is 5.88 Å². The monoisotopic (exact) mass is 172 g/mol. The average molecular weight is 172 g/mol. The highest BCUT2D eigenvalue weighted by atomic mass is 16.6. The molecule has 7 nitrogen and oxygen atoms in total. The second-order valence-electron chi connectivity index (χ2n) is 1.78. The van der Waals surface area contributed by atoms with E-state index in [0.717, 1.165) is 0 Å². The molecule has 0 aromatic carbocycles. The minimum Gasteiger partial charge on any atom is -0.474 e. The van der Waals surface area contributed by atoms with Crippen molar-refractivity contribution in [1.29, 1.82) is 0 Å². The molecular weight excluding hydrogens is 168 g/mol. The average Bonchev–Trinajstić information content (AvgIpc) is 2.46. The number of aromatic nitrogens is 1. The maximum absolute atomic E-state index is 10.3. The highest BCUT2D eigenvalue weighted by molar-refractivity contribution is 5.78. The largest absolute Gasteiger partial charge is 0.474 e. The number of rotatable bonds is 3. The fourth-order valence-electron chi connectivity index (χ4n) is 0.662. The van der Waals surface area contributed by atoms with E-state index in [2.05, 4.69) is 14.4 Å². The molecule has 0 saturated carbocycles. The summed E-state index contributed by atoms with van der Waals surface area (Å²) in [5, 5.41) is 13.4. The molecule has 0 atom stereocenters. The molecule has 7 heteroatoms. The lowest BCUT2D eigenvalue weighted by Gasteiger charge is -1.88. The van der Waals surface area contributed by atoms with Crippen LogP contribution in [0.4, 0.5) is 5.69 Å². The third-order valence-corrected chi connectivity index (χ3v) is 1.15. The summed E-state index contributed by atoms with van der Waals surface area (Å²) in [7, 11) is 1.19. The van der Waals surface area contributed by atoms with Gasteiger partial charge in [0.2, 0.25) is 0 Å². The van der Waals surface area contributed by atoms with Crippen LogP contribution in [0.1, 0.15) is 10.6 Å². The Morgan fingerprint density at radius 1 is 1.75 bits per heavy atom. The molecule has 0 aliphatic carbocycles. The summed E-state index contributed by atoms with van der Waals surface area (Å²) in [5.74, 6) is -0.751. The first kappa shape index (κ1) is 8.18. The van der Waals surface area contributed by atoms with Gasteiger partial charge in [-0.1, -0.05) is 0 Å². The van der Waals surface area contributed by atoms with Crippen LogP contribution >= 0.6 is 0 Å². The predicted octanol–water partition coefficient (Wildman–Crippen LogP) is 0.404. The molecule has 0 amide bonds. The fraction of sp³-hybridized carbons (Fsp3) is 0.200. The molecule has 1 aromatic rings. The van der Waals surface area contributed by atoms with Crippen molar-refractivity contribution >= 4 is 12.0 Å². The molecule has 0 saturated heterocycles. The molecule has 0 radical (unpaired) electrons. The van der Waals surface area contributed by atoms with Crippen molar-refractivity contribution in [2.24, 2.45) is 0 Å². The quantitative estimate of drug-likeness (QED) is 0.372. The first-order valence-electron chi connectivity index (χ1n) is 2.84. The number of methoxy groups -OCH3 is 1. The van der Waals surface area contributed by atoms with E-state index in [1.165, 1.54) is 7.11 Å². The molecular formula is C5H4N2O5. The lowest BCUT2D eigenvalue weighted by molar-refractivity contribution is -0.386. The summed E-state index contributed by atoms with van der Waals surface area (Å²) in [6.07, 6.45) is 0.202. The molecule has 0 spiro atoms. The van der Waals surface area contributed by atoms with Gasteiger partial charge in [0.1, 0.15) is 0 Å². The summed E-state index contributed by atoms with van der Waals surface area (Å²) in [6, 6.07) is 0. The van der Waals surface area contributed by atoms with Gasteiger partial charge >= 0.3 is 11.6 Å². The van der Waals surface area contributed by atoms with Crippen molar-refractivity contribution in [2.75, 3.05) is 7.11 Å². The van der Waals surface area contributed by atoms with Crippen molar-refractivity contribution in [3.8, 4) is 5.88 Å². The summed E-state index contributed by atoms with van der Waals surface area (Å²) in [4.78, 5) is 19.7. The Balaban J connectivity index is 3.25. The van der Waals surface area contributed by atoms with Crippen molar-refractivity contribution in [3.05, 3.63) is 15.9 Å². The zero-order valence-electron chi connectivity index (χ0n) is 6.01. The van der Waals surface area contributed by atoms with Crippen molar-refractivity contribution < 1.29 is 19.0 Å². The highest BCUT2D eigenvalue weighted by Crippen LogP contribution is 2.27. The standard InChI is InChI=1S/C5H4N2O5/c1-11-5-4(7(9)10)3(2-8)12-6-5/h2H,1H3. The molecule has 1 rings (SSSR count). The van der Waals surface area contributed by atoms with Gasteiger partial charge in [0.25, 0.3) is 5.76 Å². The zero-order chi connectivity index (χ0) is 9.14. The molecule has 0 unspecified atom stereocenters. The van der Waals surface area contributed by atoms with Crippen LogP contribution in [-0.2, 0) is 0 Å². The van der Waals surface area contributed by atoms with Crippen LogP contribution in [0.3, 0.4) is 0 Å². The molecule has 0 N–H and O–H groups in total. The maximum Gasteiger partial charge on any atom is 0.382 e. The van der Waals surface area contributed by atoms with E-state index in [0.29, 0.717) is 0 Å². The number of hydrogen-bond donors (Lipinski definition) is 0. The summed E-state index contributed by atoms with van der Waals surface area (Å²) < 4.78 is 8.80. The number of carbonyl (C=O) groups is 1. The van der Waals surface area contributed by atoms with E-state index in [4.69, 9.17) is 0 Å². The smallest absolute Gasteiger partial charge is 0.382 e. The van der Waals surface area contributed by atoms with Crippen molar-refractivity contribution in [3.63, 3.8) is 0 Å². The van der Waals surface area contributed by atoms with Crippen LogP contribution in [-0.4, -0.2) is 23.5 Å². The first-order valence-corrected chi connectivity index (χ1v) is 2.84. The van der Waals surface area contributed by atoms with E-state index in [1.807, 2.05) is 0 Å². The lowest BCUT2D eigenvalue weighted by atomic mass is 10.4. The van der Waals surface area contributed by atoms with Gasteiger partial charge in [-0.05, 0) is 5.16 Å². The highest BCUT2D eigenvalue weighted by Gasteiger charge is 2.27. The Bertz CT molecular complexity index is 318. The van der Waals surface area contributed by atoms with E-state index in [9.17, 15) is 14.9 Å². The fourth-order valence-corrected chi connectivity index (χ4v) is 0.662. The van der Waals surface area contributed by atoms with Gasteiger partial charge in [0.05, 0.1) is 12.0 Å². The third kappa shape index (κ3) is 1.11. The molecule has 1 heterocycles. The molecule has 64 valence electrons. The molecule has 12 heavy (non-hydrogen) atoms. The van der Waals surface area contributed by atoms with E-state index >= 15 is 0 Å². The van der Waals surface area contributed by atoms with Gasteiger partial charge in [-0.2, -0.15) is 0 Å². The minimum atomic E-state index is -0.793. The van der Waals surface area contributed by atoms with Crippen molar-refractivity contribution in [2.45, 2.75) is 0 Å². The Labute approximate surface area is 66.1 Å². The van der Waals surface area contributed by atoms with Gasteiger partial charge in [-0.25, -0.2) is 0 Å². The van der Waals surface area contributed by atoms with Gasteiger partial charge in [0.15, 0.2) is 6.29 Å². The molecule has 0 aliphatic heterocycles. The molecule has 0 fully saturated rings. The molecule has 0 bridgehead atoms.